The first-order valence-corrected chi connectivity index (χ1v) is 8.45. The Balaban J connectivity index is 1.59. The van der Waals surface area contributed by atoms with Crippen LogP contribution in [0.3, 0.4) is 0 Å². The lowest BCUT2D eigenvalue weighted by Gasteiger charge is -2.20. The largest absolute Gasteiger partial charge is 0.485 e. The minimum Gasteiger partial charge on any atom is -0.485 e. The number of pyridine rings is 1. The van der Waals surface area contributed by atoms with Crippen LogP contribution in [-0.4, -0.2) is 49.2 Å². The van der Waals surface area contributed by atoms with Crippen molar-refractivity contribution in [2.75, 3.05) is 37.4 Å². The minimum atomic E-state index is -0.0754. The predicted molar refractivity (Wildman–Crippen MR) is 92.5 cm³/mol. The second kappa shape index (κ2) is 6.87. The van der Waals surface area contributed by atoms with Crippen LogP contribution >= 0.6 is 11.3 Å². The van der Waals surface area contributed by atoms with Crippen LogP contribution in [0.5, 0.6) is 5.75 Å². The van der Waals surface area contributed by atoms with Gasteiger partial charge in [0, 0.05) is 38.6 Å². The molecule has 1 unspecified atom stereocenters. The number of anilines is 2. The molecule has 1 aliphatic rings. The van der Waals surface area contributed by atoms with Gasteiger partial charge in [-0.3, -0.25) is 0 Å². The van der Waals surface area contributed by atoms with Gasteiger partial charge in [0.1, 0.15) is 6.10 Å². The first kappa shape index (κ1) is 15.6. The molecule has 2 aromatic heterocycles. The number of aromatic nitrogens is 1. The van der Waals surface area contributed by atoms with Gasteiger partial charge in [0.25, 0.3) is 0 Å². The van der Waals surface area contributed by atoms with Crippen molar-refractivity contribution in [1.82, 2.24) is 9.88 Å². The predicted octanol–water partition coefficient (Wildman–Crippen LogP) is 2.89. The number of carbonyl (C=O) groups is 1. The highest BCUT2D eigenvalue weighted by atomic mass is 32.1. The molecule has 0 saturated carbocycles. The molecule has 1 fully saturated rings. The first-order chi connectivity index (χ1) is 11.1. The molecule has 0 radical (unpaired) electrons. The summed E-state index contributed by atoms with van der Waals surface area (Å²) in [4.78, 5) is 20.3. The van der Waals surface area contributed by atoms with E-state index in [0.29, 0.717) is 13.1 Å². The maximum absolute atomic E-state index is 12.2. The van der Waals surface area contributed by atoms with Gasteiger partial charge in [0.15, 0.2) is 11.6 Å². The molecular formula is C16H20N4O2S. The molecule has 2 aromatic rings. The summed E-state index contributed by atoms with van der Waals surface area (Å²) in [6.45, 7) is 1.27. The smallest absolute Gasteiger partial charge is 0.321 e. The zero-order chi connectivity index (χ0) is 16.2. The summed E-state index contributed by atoms with van der Waals surface area (Å²) in [6.07, 6.45) is 2.56. The number of hydrogen-bond acceptors (Lipinski definition) is 5. The topological polar surface area (TPSA) is 57.7 Å². The second-order valence-electron chi connectivity index (χ2n) is 5.64. The molecular weight excluding hydrogens is 312 g/mol. The van der Waals surface area contributed by atoms with E-state index in [1.165, 1.54) is 0 Å². The highest BCUT2D eigenvalue weighted by Gasteiger charge is 2.28. The van der Waals surface area contributed by atoms with E-state index in [1.54, 1.807) is 22.4 Å². The SMILES string of the molecule is CN(C)c1ncccc1OC1CCN(C(=O)Nc2ccsc2)C1. The Morgan fingerprint density at radius 2 is 2.35 bits per heavy atom. The van der Waals surface area contributed by atoms with Crippen molar-refractivity contribution < 1.29 is 9.53 Å². The first-order valence-electron chi connectivity index (χ1n) is 7.50. The highest BCUT2D eigenvalue weighted by molar-refractivity contribution is 7.08. The van der Waals surface area contributed by atoms with Gasteiger partial charge < -0.3 is 19.9 Å². The maximum Gasteiger partial charge on any atom is 0.321 e. The molecule has 0 aliphatic carbocycles. The van der Waals surface area contributed by atoms with E-state index in [2.05, 4.69) is 10.3 Å². The molecule has 1 atom stereocenters. The van der Waals surface area contributed by atoms with Crippen LogP contribution in [0.25, 0.3) is 0 Å². The Bertz CT molecular complexity index is 660. The summed E-state index contributed by atoms with van der Waals surface area (Å²) in [6, 6.07) is 5.59. The van der Waals surface area contributed by atoms with Crippen molar-refractivity contribution in [3.05, 3.63) is 35.2 Å². The Labute approximate surface area is 139 Å². The number of amides is 2. The van der Waals surface area contributed by atoms with E-state index in [-0.39, 0.29) is 12.1 Å². The second-order valence-corrected chi connectivity index (χ2v) is 6.42. The number of rotatable bonds is 4. The summed E-state index contributed by atoms with van der Waals surface area (Å²) >= 11 is 1.56. The Kier molecular flexibility index (Phi) is 4.66. The van der Waals surface area contributed by atoms with Gasteiger partial charge in [-0.15, -0.1) is 0 Å². The van der Waals surface area contributed by atoms with E-state index < -0.39 is 0 Å². The molecule has 6 nitrogen and oxygen atoms in total. The minimum absolute atomic E-state index is 0.00822. The van der Waals surface area contributed by atoms with Crippen LogP contribution in [0.4, 0.5) is 16.3 Å². The normalized spacial score (nSPS) is 17.1. The summed E-state index contributed by atoms with van der Waals surface area (Å²) in [7, 11) is 3.87. The Morgan fingerprint density at radius 1 is 1.48 bits per heavy atom. The Hall–Kier alpha value is -2.28. The van der Waals surface area contributed by atoms with E-state index in [0.717, 1.165) is 23.7 Å². The van der Waals surface area contributed by atoms with Gasteiger partial charge in [-0.1, -0.05) is 0 Å². The van der Waals surface area contributed by atoms with E-state index in [1.807, 2.05) is 48.0 Å². The molecule has 3 heterocycles. The van der Waals surface area contributed by atoms with Gasteiger partial charge in [-0.05, 0) is 23.6 Å². The molecule has 1 N–H and O–H groups in total. The van der Waals surface area contributed by atoms with Crippen molar-refractivity contribution in [3.63, 3.8) is 0 Å². The van der Waals surface area contributed by atoms with Crippen LogP contribution < -0.4 is 15.0 Å². The van der Waals surface area contributed by atoms with Gasteiger partial charge in [-0.25, -0.2) is 9.78 Å². The number of likely N-dealkylation sites (tertiary alicyclic amines) is 1. The number of nitrogens with zero attached hydrogens (tertiary/aromatic N) is 3. The molecule has 0 aromatic carbocycles. The zero-order valence-corrected chi connectivity index (χ0v) is 14.0. The standard InChI is InChI=1S/C16H20N4O2S/c1-19(2)15-14(4-3-7-17-15)22-13-5-8-20(10-13)16(21)18-12-6-9-23-11-12/h3-4,6-7,9,11,13H,5,8,10H2,1-2H3,(H,18,21). The van der Waals surface area contributed by atoms with Crippen molar-refractivity contribution in [1.29, 1.82) is 0 Å². The van der Waals surface area contributed by atoms with Crippen LogP contribution in [0.2, 0.25) is 0 Å². The number of carbonyl (C=O) groups excluding carboxylic acids is 1. The lowest BCUT2D eigenvalue weighted by atomic mass is 10.3. The summed E-state index contributed by atoms with van der Waals surface area (Å²) < 4.78 is 6.06. The highest BCUT2D eigenvalue weighted by Crippen LogP contribution is 2.26. The molecule has 1 saturated heterocycles. The fourth-order valence-electron chi connectivity index (χ4n) is 2.54. The molecule has 0 bridgehead atoms. The van der Waals surface area contributed by atoms with Crippen LogP contribution in [0.1, 0.15) is 6.42 Å². The van der Waals surface area contributed by atoms with Crippen molar-refractivity contribution >= 4 is 28.9 Å². The van der Waals surface area contributed by atoms with E-state index in [9.17, 15) is 4.79 Å². The average molecular weight is 332 g/mol. The number of thiophene rings is 1. The third-order valence-electron chi connectivity index (χ3n) is 3.67. The molecule has 122 valence electrons. The molecule has 23 heavy (non-hydrogen) atoms. The lowest BCUT2D eigenvalue weighted by Crippen LogP contribution is -2.34. The van der Waals surface area contributed by atoms with Gasteiger partial charge in [0.05, 0.1) is 12.2 Å². The number of hydrogen-bond donors (Lipinski definition) is 1. The van der Waals surface area contributed by atoms with Gasteiger partial charge >= 0.3 is 6.03 Å². The van der Waals surface area contributed by atoms with Crippen LogP contribution in [0.15, 0.2) is 35.2 Å². The van der Waals surface area contributed by atoms with Gasteiger partial charge in [0.2, 0.25) is 0 Å². The van der Waals surface area contributed by atoms with Crippen molar-refractivity contribution in [3.8, 4) is 5.75 Å². The third-order valence-corrected chi connectivity index (χ3v) is 4.36. The average Bonchev–Trinajstić information content (AvgIpc) is 3.19. The Morgan fingerprint density at radius 3 is 3.09 bits per heavy atom. The third kappa shape index (κ3) is 3.73. The van der Waals surface area contributed by atoms with Crippen molar-refractivity contribution in [2.45, 2.75) is 12.5 Å². The molecule has 3 rings (SSSR count). The number of urea groups is 1. The fourth-order valence-corrected chi connectivity index (χ4v) is 3.12. The summed E-state index contributed by atoms with van der Waals surface area (Å²) in [5, 5.41) is 6.76. The van der Waals surface area contributed by atoms with E-state index >= 15 is 0 Å². The van der Waals surface area contributed by atoms with Gasteiger partial charge in [-0.2, -0.15) is 11.3 Å². The quantitative estimate of drug-likeness (QED) is 0.935. The molecule has 7 heteroatoms. The maximum atomic E-state index is 12.2. The number of nitrogens with one attached hydrogen (secondary N) is 1. The van der Waals surface area contributed by atoms with Crippen LogP contribution in [-0.2, 0) is 0 Å². The van der Waals surface area contributed by atoms with Crippen LogP contribution in [0, 0.1) is 0 Å². The molecule has 0 spiro atoms. The lowest BCUT2D eigenvalue weighted by molar-refractivity contribution is 0.195. The monoisotopic (exact) mass is 332 g/mol. The van der Waals surface area contributed by atoms with E-state index in [4.69, 9.17) is 4.74 Å². The molecule has 2 amide bonds. The summed E-state index contributed by atoms with van der Waals surface area (Å²) in [5.41, 5.74) is 0.839. The molecule has 1 aliphatic heterocycles. The summed E-state index contributed by atoms with van der Waals surface area (Å²) in [5.74, 6) is 1.55. The zero-order valence-electron chi connectivity index (χ0n) is 13.2. The number of ether oxygens (including phenoxy) is 1. The fraction of sp³-hybridized carbons (Fsp3) is 0.375. The van der Waals surface area contributed by atoms with Crippen molar-refractivity contribution in [2.24, 2.45) is 0 Å².